The molecular formula is C20H20BrN5O2S2. The van der Waals surface area contributed by atoms with Gasteiger partial charge < -0.3 is 5.32 Å². The van der Waals surface area contributed by atoms with Crippen molar-refractivity contribution in [3.05, 3.63) is 56.4 Å². The maximum Gasteiger partial charge on any atom is 0.257 e. The summed E-state index contributed by atoms with van der Waals surface area (Å²) in [4.78, 5) is 36.8. The van der Waals surface area contributed by atoms with Gasteiger partial charge in [-0.3, -0.25) is 19.8 Å². The van der Waals surface area contributed by atoms with Crippen LogP contribution in [0.2, 0.25) is 0 Å². The van der Waals surface area contributed by atoms with Crippen molar-refractivity contribution in [3.8, 4) is 0 Å². The molecule has 1 saturated heterocycles. The Morgan fingerprint density at radius 1 is 1.23 bits per heavy atom. The first-order valence-electron chi connectivity index (χ1n) is 9.46. The van der Waals surface area contributed by atoms with Crippen LogP contribution in [-0.2, 0) is 4.79 Å². The van der Waals surface area contributed by atoms with Crippen LogP contribution in [0.1, 0.15) is 39.8 Å². The van der Waals surface area contributed by atoms with Crippen LogP contribution >= 0.6 is 38.6 Å². The van der Waals surface area contributed by atoms with Gasteiger partial charge in [-0.15, -0.1) is 22.7 Å². The lowest BCUT2D eigenvalue weighted by Crippen LogP contribution is -2.33. The maximum atomic E-state index is 12.4. The zero-order chi connectivity index (χ0) is 21.1. The summed E-state index contributed by atoms with van der Waals surface area (Å²) < 4.78 is 0.922. The van der Waals surface area contributed by atoms with Crippen molar-refractivity contribution in [1.29, 1.82) is 0 Å². The molecule has 4 rings (SSSR count). The molecule has 30 heavy (non-hydrogen) atoms. The van der Waals surface area contributed by atoms with Crippen molar-refractivity contribution in [2.75, 3.05) is 23.7 Å². The van der Waals surface area contributed by atoms with E-state index in [9.17, 15) is 9.59 Å². The Labute approximate surface area is 190 Å². The molecule has 10 heteroatoms. The van der Waals surface area contributed by atoms with Crippen LogP contribution in [0.3, 0.4) is 0 Å². The Bertz CT molecular complexity index is 1050. The predicted molar refractivity (Wildman–Crippen MR) is 123 cm³/mol. The fraction of sp³-hybridized carbons (Fsp3) is 0.300. The second kappa shape index (κ2) is 9.34. The molecule has 0 spiro atoms. The van der Waals surface area contributed by atoms with Crippen LogP contribution in [0, 0.1) is 6.92 Å². The summed E-state index contributed by atoms with van der Waals surface area (Å²) in [5.41, 5.74) is 1.47. The fourth-order valence-electron chi connectivity index (χ4n) is 3.37. The lowest BCUT2D eigenvalue weighted by Gasteiger charge is -2.22. The molecule has 3 heterocycles. The van der Waals surface area contributed by atoms with Gasteiger partial charge in [-0.25, -0.2) is 9.97 Å². The molecule has 0 radical (unpaired) electrons. The van der Waals surface area contributed by atoms with Gasteiger partial charge in [-0.2, -0.15) is 0 Å². The highest BCUT2D eigenvalue weighted by Gasteiger charge is 2.29. The molecule has 0 aliphatic carbocycles. The van der Waals surface area contributed by atoms with E-state index in [4.69, 9.17) is 0 Å². The molecule has 3 aromatic rings. The van der Waals surface area contributed by atoms with E-state index in [2.05, 4.69) is 41.4 Å². The van der Waals surface area contributed by atoms with Crippen LogP contribution in [0.4, 0.5) is 10.3 Å². The Morgan fingerprint density at radius 2 is 2.03 bits per heavy atom. The van der Waals surface area contributed by atoms with Gasteiger partial charge in [-0.1, -0.05) is 15.9 Å². The van der Waals surface area contributed by atoms with E-state index in [-0.39, 0.29) is 17.9 Å². The van der Waals surface area contributed by atoms with Gasteiger partial charge in [0.05, 0.1) is 18.3 Å². The van der Waals surface area contributed by atoms with Crippen LogP contribution < -0.4 is 10.6 Å². The number of carbonyl (C=O) groups excluding carboxylic acids is 2. The molecule has 1 aliphatic heterocycles. The van der Waals surface area contributed by atoms with Gasteiger partial charge >= 0.3 is 0 Å². The van der Waals surface area contributed by atoms with Gasteiger partial charge in [0.1, 0.15) is 0 Å². The van der Waals surface area contributed by atoms with E-state index < -0.39 is 0 Å². The monoisotopic (exact) mass is 505 g/mol. The molecule has 2 N–H and O–H groups in total. The molecule has 156 valence electrons. The first-order chi connectivity index (χ1) is 14.5. The third-order valence-electron chi connectivity index (χ3n) is 4.77. The summed E-state index contributed by atoms with van der Waals surface area (Å²) in [6, 6.07) is 7.25. The standard InChI is InChI=1S/C20H20BrN5O2S2/c1-12-9-22-19(30-12)24-17(27)10-26-8-2-3-16(26)15-11-29-20(23-15)25-18(28)13-4-6-14(21)7-5-13/h4-7,9,11,16H,2-3,8,10H2,1H3,(H,22,24,27)(H,23,25,28). The quantitative estimate of drug-likeness (QED) is 0.506. The van der Waals surface area contributed by atoms with E-state index in [0.717, 1.165) is 34.4 Å². The van der Waals surface area contributed by atoms with Gasteiger partial charge in [0.2, 0.25) is 5.91 Å². The van der Waals surface area contributed by atoms with Crippen LogP contribution in [-0.4, -0.2) is 39.8 Å². The van der Waals surface area contributed by atoms with Crippen LogP contribution in [0.25, 0.3) is 0 Å². The minimum absolute atomic E-state index is 0.0726. The summed E-state index contributed by atoms with van der Waals surface area (Å²) >= 11 is 6.23. The Kier molecular flexibility index (Phi) is 6.57. The largest absolute Gasteiger partial charge is 0.301 e. The summed E-state index contributed by atoms with van der Waals surface area (Å²) in [7, 11) is 0. The average molecular weight is 506 g/mol. The number of hydrogen-bond donors (Lipinski definition) is 2. The molecule has 1 aliphatic rings. The van der Waals surface area contributed by atoms with Gasteiger partial charge in [0, 0.05) is 26.5 Å². The minimum atomic E-state index is -0.190. The van der Waals surface area contributed by atoms with Crippen molar-refractivity contribution in [1.82, 2.24) is 14.9 Å². The van der Waals surface area contributed by atoms with E-state index in [1.807, 2.05) is 24.4 Å². The number of halogens is 1. The van der Waals surface area contributed by atoms with Crippen LogP contribution in [0.15, 0.2) is 40.3 Å². The third-order valence-corrected chi connectivity index (χ3v) is 6.90. The van der Waals surface area contributed by atoms with E-state index in [1.165, 1.54) is 22.7 Å². The van der Waals surface area contributed by atoms with Crippen molar-refractivity contribution in [2.24, 2.45) is 0 Å². The second-order valence-corrected chi connectivity index (χ2v) is 10.00. The van der Waals surface area contributed by atoms with E-state index in [0.29, 0.717) is 22.4 Å². The van der Waals surface area contributed by atoms with E-state index in [1.54, 1.807) is 18.3 Å². The summed E-state index contributed by atoms with van der Waals surface area (Å²) in [5, 5.41) is 8.87. The molecule has 0 saturated carbocycles. The van der Waals surface area contributed by atoms with Crippen molar-refractivity contribution in [2.45, 2.75) is 25.8 Å². The van der Waals surface area contributed by atoms with Gasteiger partial charge in [-0.05, 0) is 50.6 Å². The predicted octanol–water partition coefficient (Wildman–Crippen LogP) is 4.70. The molecular weight excluding hydrogens is 486 g/mol. The molecule has 1 atom stereocenters. The van der Waals surface area contributed by atoms with Gasteiger partial charge in [0.15, 0.2) is 10.3 Å². The first kappa shape index (κ1) is 21.1. The normalized spacial score (nSPS) is 16.5. The number of amides is 2. The number of aryl methyl sites for hydroxylation is 1. The zero-order valence-corrected chi connectivity index (χ0v) is 19.4. The van der Waals surface area contributed by atoms with Gasteiger partial charge in [0.25, 0.3) is 5.91 Å². The summed E-state index contributed by atoms with van der Waals surface area (Å²) in [6.45, 7) is 3.09. The number of thiazole rings is 2. The molecule has 2 amide bonds. The highest BCUT2D eigenvalue weighted by Crippen LogP contribution is 2.33. The highest BCUT2D eigenvalue weighted by atomic mass is 79.9. The topological polar surface area (TPSA) is 87.2 Å². The SMILES string of the molecule is Cc1cnc(NC(=O)CN2CCCC2c2csc(NC(=O)c3ccc(Br)cc3)n2)s1. The lowest BCUT2D eigenvalue weighted by atomic mass is 10.2. The molecule has 2 aromatic heterocycles. The average Bonchev–Trinajstić information content (AvgIpc) is 3.44. The minimum Gasteiger partial charge on any atom is -0.301 e. The van der Waals surface area contributed by atoms with Crippen LogP contribution in [0.5, 0.6) is 0 Å². The van der Waals surface area contributed by atoms with Crippen molar-refractivity contribution < 1.29 is 9.59 Å². The maximum absolute atomic E-state index is 12.4. The highest BCUT2D eigenvalue weighted by molar-refractivity contribution is 9.10. The summed E-state index contributed by atoms with van der Waals surface area (Å²) in [6.07, 6.45) is 3.69. The number of rotatable bonds is 6. The number of carbonyl (C=O) groups is 2. The van der Waals surface area contributed by atoms with Crippen molar-refractivity contribution >= 4 is 60.7 Å². The van der Waals surface area contributed by atoms with Crippen molar-refractivity contribution in [3.63, 3.8) is 0 Å². The number of anilines is 2. The smallest absolute Gasteiger partial charge is 0.257 e. The Balaban J connectivity index is 1.37. The number of benzene rings is 1. The third kappa shape index (κ3) is 5.12. The zero-order valence-electron chi connectivity index (χ0n) is 16.2. The number of nitrogens with one attached hydrogen (secondary N) is 2. The Morgan fingerprint density at radius 3 is 2.77 bits per heavy atom. The summed E-state index contributed by atoms with van der Waals surface area (Å²) in [5.74, 6) is -0.264. The lowest BCUT2D eigenvalue weighted by molar-refractivity contribution is -0.117. The second-order valence-electron chi connectivity index (χ2n) is 6.99. The molecule has 7 nitrogen and oxygen atoms in total. The van der Waals surface area contributed by atoms with E-state index >= 15 is 0 Å². The molecule has 1 aromatic carbocycles. The fourth-order valence-corrected chi connectivity index (χ4v) is 5.07. The Hall–Kier alpha value is -2.14. The number of aromatic nitrogens is 2. The molecule has 1 unspecified atom stereocenters. The molecule has 1 fully saturated rings. The number of likely N-dealkylation sites (tertiary alicyclic amines) is 1. The first-order valence-corrected chi connectivity index (χ1v) is 12.0. The number of nitrogens with zero attached hydrogens (tertiary/aromatic N) is 3. The molecule has 0 bridgehead atoms. The number of hydrogen-bond acceptors (Lipinski definition) is 7.